The number of rotatable bonds is 6. The van der Waals surface area contributed by atoms with Gasteiger partial charge < -0.3 is 24.6 Å². The number of phenolic OH excluding ortho intramolecular Hbond substituents is 1. The third kappa shape index (κ3) is 4.57. The molecule has 1 aliphatic carbocycles. The van der Waals surface area contributed by atoms with Gasteiger partial charge in [0.05, 0.1) is 24.3 Å². The zero-order valence-electron chi connectivity index (χ0n) is 18.4. The first-order valence-corrected chi connectivity index (χ1v) is 10.4. The normalized spacial score (nSPS) is 20.3. The number of hydrogen-bond acceptors (Lipinski definition) is 7. The number of nitrogens with one attached hydrogen (secondary N) is 1. The predicted octanol–water partition coefficient (Wildman–Crippen LogP) is 3.85. The van der Waals surface area contributed by atoms with Gasteiger partial charge in [0.1, 0.15) is 6.61 Å². The summed E-state index contributed by atoms with van der Waals surface area (Å²) in [6, 6.07) is 3.16. The topological polar surface area (TPSA) is 94.1 Å². The van der Waals surface area contributed by atoms with E-state index in [1.807, 2.05) is 13.8 Å². The van der Waals surface area contributed by atoms with Gasteiger partial charge in [-0.3, -0.25) is 4.79 Å². The fourth-order valence-corrected chi connectivity index (χ4v) is 4.47. The molecule has 0 saturated heterocycles. The molecule has 0 spiro atoms. The molecule has 1 atom stereocenters. The first-order chi connectivity index (χ1) is 14.6. The monoisotopic (exact) mass is 449 g/mol. The van der Waals surface area contributed by atoms with E-state index in [9.17, 15) is 14.7 Å². The third-order valence-corrected chi connectivity index (χ3v) is 5.87. The molecule has 1 unspecified atom stereocenters. The number of ether oxygens (including phenoxy) is 3. The Morgan fingerprint density at radius 2 is 1.97 bits per heavy atom. The Kier molecular flexibility index (Phi) is 6.67. The molecule has 1 aromatic rings. The van der Waals surface area contributed by atoms with E-state index in [0.29, 0.717) is 35.2 Å². The number of aromatic hydroxyl groups is 1. The van der Waals surface area contributed by atoms with E-state index in [4.69, 9.17) is 25.8 Å². The van der Waals surface area contributed by atoms with Crippen molar-refractivity contribution in [2.45, 2.75) is 39.5 Å². The van der Waals surface area contributed by atoms with Crippen LogP contribution in [0.2, 0.25) is 5.02 Å². The number of esters is 1. The van der Waals surface area contributed by atoms with Crippen LogP contribution in [0.3, 0.4) is 0 Å². The molecule has 2 aliphatic rings. The second-order valence-corrected chi connectivity index (χ2v) is 9.02. The Bertz CT molecular complexity index is 979. The van der Waals surface area contributed by atoms with Gasteiger partial charge >= 0.3 is 5.97 Å². The summed E-state index contributed by atoms with van der Waals surface area (Å²) in [6.07, 6.45) is 1.02. The molecular weight excluding hydrogens is 422 g/mol. The molecule has 1 heterocycles. The highest BCUT2D eigenvalue weighted by molar-refractivity contribution is 6.32. The fourth-order valence-electron chi connectivity index (χ4n) is 4.25. The van der Waals surface area contributed by atoms with Crippen molar-refractivity contribution in [2.75, 3.05) is 27.4 Å². The van der Waals surface area contributed by atoms with Crippen molar-refractivity contribution in [3.05, 3.63) is 45.3 Å². The molecule has 0 fully saturated rings. The van der Waals surface area contributed by atoms with Crippen LogP contribution in [-0.4, -0.2) is 44.3 Å². The molecule has 31 heavy (non-hydrogen) atoms. The van der Waals surface area contributed by atoms with Gasteiger partial charge in [-0.25, -0.2) is 4.79 Å². The molecule has 8 heteroatoms. The van der Waals surface area contributed by atoms with Gasteiger partial charge in [-0.2, -0.15) is 0 Å². The van der Waals surface area contributed by atoms with Crippen molar-refractivity contribution < 1.29 is 28.9 Å². The van der Waals surface area contributed by atoms with E-state index in [0.717, 1.165) is 5.70 Å². The van der Waals surface area contributed by atoms with E-state index in [-0.39, 0.29) is 40.9 Å². The van der Waals surface area contributed by atoms with Gasteiger partial charge in [0, 0.05) is 36.4 Å². The summed E-state index contributed by atoms with van der Waals surface area (Å²) in [5, 5.41) is 13.5. The van der Waals surface area contributed by atoms with Gasteiger partial charge in [-0.1, -0.05) is 25.4 Å². The van der Waals surface area contributed by atoms with Crippen LogP contribution >= 0.6 is 11.6 Å². The maximum absolute atomic E-state index is 13.3. The minimum absolute atomic E-state index is 0.0402. The van der Waals surface area contributed by atoms with Gasteiger partial charge in [-0.05, 0) is 36.5 Å². The molecule has 0 saturated carbocycles. The number of dihydropyridines is 1. The van der Waals surface area contributed by atoms with Crippen LogP contribution in [0, 0.1) is 5.41 Å². The highest BCUT2D eigenvalue weighted by Gasteiger charge is 2.43. The van der Waals surface area contributed by atoms with Crippen LogP contribution in [0.4, 0.5) is 0 Å². The molecule has 1 aromatic carbocycles. The van der Waals surface area contributed by atoms with E-state index in [1.165, 1.54) is 14.2 Å². The molecule has 1 aliphatic heterocycles. The summed E-state index contributed by atoms with van der Waals surface area (Å²) in [5.74, 6) is -1.31. The van der Waals surface area contributed by atoms with Crippen molar-refractivity contribution in [3.8, 4) is 11.5 Å². The highest BCUT2D eigenvalue weighted by Crippen LogP contribution is 2.48. The molecule has 0 bridgehead atoms. The number of carbonyl (C=O) groups excluding carboxylic acids is 2. The zero-order chi connectivity index (χ0) is 22.9. The number of phenols is 1. The Labute approximate surface area is 187 Å². The summed E-state index contributed by atoms with van der Waals surface area (Å²) in [4.78, 5) is 26.3. The molecule has 0 radical (unpaired) electrons. The highest BCUT2D eigenvalue weighted by atomic mass is 35.5. The summed E-state index contributed by atoms with van der Waals surface area (Å²) in [6.45, 7) is 6.22. The lowest BCUT2D eigenvalue weighted by Crippen LogP contribution is -2.38. The van der Waals surface area contributed by atoms with Gasteiger partial charge in [0.15, 0.2) is 17.3 Å². The lowest BCUT2D eigenvalue weighted by molar-refractivity contribution is -0.140. The molecular formula is C23H28ClNO6. The number of hydrogen-bond donors (Lipinski definition) is 2. The van der Waals surface area contributed by atoms with Gasteiger partial charge in [0.2, 0.25) is 0 Å². The van der Waals surface area contributed by atoms with Crippen LogP contribution in [0.5, 0.6) is 11.5 Å². The van der Waals surface area contributed by atoms with E-state index >= 15 is 0 Å². The summed E-state index contributed by atoms with van der Waals surface area (Å²) >= 11 is 6.24. The minimum atomic E-state index is -0.693. The maximum atomic E-state index is 13.3. The number of carbonyl (C=O) groups is 2. The molecule has 0 aromatic heterocycles. The number of Topliss-reactive ketones (excluding diaryl/α,β-unsaturated/α-hetero) is 1. The molecule has 7 nitrogen and oxygen atoms in total. The third-order valence-electron chi connectivity index (χ3n) is 5.58. The lowest BCUT2D eigenvalue weighted by Gasteiger charge is -2.39. The molecule has 2 N–H and O–H groups in total. The summed E-state index contributed by atoms with van der Waals surface area (Å²) < 4.78 is 15.6. The maximum Gasteiger partial charge on any atom is 0.336 e. The van der Waals surface area contributed by atoms with Crippen molar-refractivity contribution in [2.24, 2.45) is 5.41 Å². The van der Waals surface area contributed by atoms with E-state index in [2.05, 4.69) is 5.32 Å². The van der Waals surface area contributed by atoms with Crippen molar-refractivity contribution >= 4 is 23.4 Å². The fraction of sp³-hybridized carbons (Fsp3) is 0.478. The average Bonchev–Trinajstić information content (AvgIpc) is 2.68. The van der Waals surface area contributed by atoms with Gasteiger partial charge in [-0.15, -0.1) is 0 Å². The summed E-state index contributed by atoms with van der Waals surface area (Å²) in [5.41, 5.74) is 2.62. The second kappa shape index (κ2) is 8.93. The number of ketones is 1. The Morgan fingerprint density at radius 3 is 2.61 bits per heavy atom. The zero-order valence-corrected chi connectivity index (χ0v) is 19.2. The quantitative estimate of drug-likeness (QED) is 0.503. The molecule has 168 valence electrons. The first-order valence-electron chi connectivity index (χ1n) is 10.1. The molecule has 3 rings (SSSR count). The SMILES string of the molecule is COCCOC(=O)C1=C(C)NC2=C(C(=O)CC(C)(C)C2)C1c1cc(Cl)c(O)c(OC)c1. The smallest absolute Gasteiger partial charge is 0.336 e. The van der Waals surface area contributed by atoms with Crippen LogP contribution < -0.4 is 10.1 Å². The standard InChI is InChI=1S/C23H28ClNO6/c1-12-18(22(28)31-7-6-29-4)19(13-8-14(24)21(27)17(9-13)30-5)20-15(25-12)10-23(2,3)11-16(20)26/h8-9,19,25,27H,6-7,10-11H2,1-5H3. The first kappa shape index (κ1) is 23.2. The van der Waals surface area contributed by atoms with Crippen LogP contribution in [0.1, 0.15) is 45.1 Å². The lowest BCUT2D eigenvalue weighted by atomic mass is 9.68. The predicted molar refractivity (Wildman–Crippen MR) is 116 cm³/mol. The van der Waals surface area contributed by atoms with Gasteiger partial charge in [0.25, 0.3) is 0 Å². The van der Waals surface area contributed by atoms with E-state index < -0.39 is 11.9 Å². The second-order valence-electron chi connectivity index (χ2n) is 8.61. The Balaban J connectivity index is 2.17. The average molecular weight is 450 g/mol. The Morgan fingerprint density at radius 1 is 1.26 bits per heavy atom. The number of benzene rings is 1. The van der Waals surface area contributed by atoms with Crippen LogP contribution in [0.25, 0.3) is 0 Å². The van der Waals surface area contributed by atoms with Crippen molar-refractivity contribution in [1.82, 2.24) is 5.32 Å². The van der Waals surface area contributed by atoms with Crippen LogP contribution in [-0.2, 0) is 19.1 Å². The van der Waals surface area contributed by atoms with Crippen molar-refractivity contribution in [1.29, 1.82) is 0 Å². The van der Waals surface area contributed by atoms with Crippen LogP contribution in [0.15, 0.2) is 34.7 Å². The number of halogens is 1. The molecule has 0 amide bonds. The Hall–Kier alpha value is -2.51. The minimum Gasteiger partial charge on any atom is -0.503 e. The summed E-state index contributed by atoms with van der Waals surface area (Å²) in [7, 11) is 2.94. The largest absolute Gasteiger partial charge is 0.503 e. The number of methoxy groups -OCH3 is 2. The van der Waals surface area contributed by atoms with E-state index in [1.54, 1.807) is 19.1 Å². The number of allylic oxidation sites excluding steroid dienone is 3. The van der Waals surface area contributed by atoms with Crippen molar-refractivity contribution in [3.63, 3.8) is 0 Å².